The van der Waals surface area contributed by atoms with Gasteiger partial charge in [0.2, 0.25) is 5.91 Å². The number of rotatable bonds is 3. The molecule has 1 atom stereocenters. The summed E-state index contributed by atoms with van der Waals surface area (Å²) in [5.74, 6) is -1.00. The summed E-state index contributed by atoms with van der Waals surface area (Å²) >= 11 is 0. The van der Waals surface area contributed by atoms with Crippen molar-refractivity contribution in [2.24, 2.45) is 5.92 Å². The Morgan fingerprint density at radius 3 is 2.69 bits per heavy atom. The first-order chi connectivity index (χ1) is 12.6. The smallest absolute Gasteiger partial charge is 0.223 e. The van der Waals surface area contributed by atoms with Gasteiger partial charge in [-0.3, -0.25) is 4.79 Å². The van der Waals surface area contributed by atoms with Crippen LogP contribution in [0.2, 0.25) is 0 Å². The molecule has 4 nitrogen and oxygen atoms in total. The van der Waals surface area contributed by atoms with Crippen LogP contribution >= 0.6 is 0 Å². The van der Waals surface area contributed by atoms with Gasteiger partial charge in [0.1, 0.15) is 11.5 Å². The van der Waals surface area contributed by atoms with Gasteiger partial charge in [-0.1, -0.05) is 19.3 Å². The van der Waals surface area contributed by atoms with E-state index >= 15 is 0 Å². The molecule has 1 saturated carbocycles. The monoisotopic (exact) mass is 359 g/mol. The molecule has 2 aliphatic rings. The summed E-state index contributed by atoms with van der Waals surface area (Å²) in [7, 11) is 0. The van der Waals surface area contributed by atoms with Crippen LogP contribution in [-0.2, 0) is 11.2 Å². The molecule has 0 spiro atoms. The maximum absolute atomic E-state index is 14.2. The summed E-state index contributed by atoms with van der Waals surface area (Å²) in [5, 5.41) is 7.52. The van der Waals surface area contributed by atoms with Crippen LogP contribution in [-0.4, -0.2) is 15.7 Å². The number of nitrogens with zero attached hydrogens (tertiary/aromatic N) is 2. The third-order valence-electron chi connectivity index (χ3n) is 5.61. The van der Waals surface area contributed by atoms with Crippen LogP contribution in [0.15, 0.2) is 24.4 Å². The van der Waals surface area contributed by atoms with Crippen LogP contribution in [0.25, 0.3) is 5.69 Å². The minimum Gasteiger partial charge on any atom is -0.349 e. The van der Waals surface area contributed by atoms with E-state index in [1.807, 2.05) is 0 Å². The highest BCUT2D eigenvalue weighted by atomic mass is 19.1. The van der Waals surface area contributed by atoms with Crippen LogP contribution in [0.3, 0.4) is 0 Å². The quantitative estimate of drug-likeness (QED) is 0.892. The van der Waals surface area contributed by atoms with E-state index in [0.29, 0.717) is 0 Å². The fourth-order valence-corrected chi connectivity index (χ4v) is 4.22. The highest BCUT2D eigenvalue weighted by Crippen LogP contribution is 2.33. The number of carbonyl (C=O) groups is 1. The van der Waals surface area contributed by atoms with Crippen LogP contribution in [0.5, 0.6) is 0 Å². The Kier molecular flexibility index (Phi) is 4.74. The number of hydrogen-bond donors (Lipinski definition) is 1. The van der Waals surface area contributed by atoms with Crippen molar-refractivity contribution in [3.63, 3.8) is 0 Å². The molecule has 0 bridgehead atoms. The number of aromatic nitrogens is 2. The fourth-order valence-electron chi connectivity index (χ4n) is 4.22. The summed E-state index contributed by atoms with van der Waals surface area (Å²) in [6.07, 6.45) is 9.63. The summed E-state index contributed by atoms with van der Waals surface area (Å²) in [6.45, 7) is 0. The largest absolute Gasteiger partial charge is 0.349 e. The second-order valence-corrected chi connectivity index (χ2v) is 7.34. The second-order valence-electron chi connectivity index (χ2n) is 7.34. The average molecular weight is 359 g/mol. The van der Waals surface area contributed by atoms with Crippen LogP contribution in [0.4, 0.5) is 8.78 Å². The summed E-state index contributed by atoms with van der Waals surface area (Å²) < 4.78 is 28.9. The third kappa shape index (κ3) is 3.24. The van der Waals surface area contributed by atoms with Gasteiger partial charge >= 0.3 is 0 Å². The molecule has 1 unspecified atom stereocenters. The van der Waals surface area contributed by atoms with Crippen molar-refractivity contribution in [2.45, 2.75) is 57.4 Å². The molecule has 0 aliphatic heterocycles. The van der Waals surface area contributed by atoms with Gasteiger partial charge in [-0.2, -0.15) is 5.10 Å². The Morgan fingerprint density at radius 2 is 1.92 bits per heavy atom. The third-order valence-corrected chi connectivity index (χ3v) is 5.61. The molecule has 1 aromatic heterocycles. The Bertz CT molecular complexity index is 811. The van der Waals surface area contributed by atoms with Crippen LogP contribution < -0.4 is 5.32 Å². The second kappa shape index (κ2) is 7.17. The Balaban J connectivity index is 1.57. The molecule has 1 aromatic carbocycles. The lowest BCUT2D eigenvalue weighted by Gasteiger charge is -2.27. The van der Waals surface area contributed by atoms with Crippen molar-refractivity contribution in [1.29, 1.82) is 0 Å². The molecule has 2 aromatic rings. The lowest BCUT2D eigenvalue weighted by molar-refractivity contribution is -0.126. The summed E-state index contributed by atoms with van der Waals surface area (Å²) in [5.41, 5.74) is 2.09. The Labute approximate surface area is 151 Å². The number of nitrogens with one attached hydrogen (secondary N) is 1. The average Bonchev–Trinajstić information content (AvgIpc) is 3.07. The highest BCUT2D eigenvalue weighted by molar-refractivity contribution is 5.79. The molecule has 0 radical (unpaired) electrons. The van der Waals surface area contributed by atoms with Crippen molar-refractivity contribution in [3.8, 4) is 5.69 Å². The normalized spacial score (nSPS) is 20.6. The van der Waals surface area contributed by atoms with E-state index < -0.39 is 11.6 Å². The highest BCUT2D eigenvalue weighted by Gasteiger charge is 2.29. The van der Waals surface area contributed by atoms with Crippen molar-refractivity contribution in [3.05, 3.63) is 47.3 Å². The van der Waals surface area contributed by atoms with E-state index in [1.165, 1.54) is 18.6 Å². The van der Waals surface area contributed by atoms with Gasteiger partial charge in [-0.05, 0) is 44.2 Å². The molecule has 1 fully saturated rings. The standard InChI is InChI=1S/C20H23F2N3O/c21-14-9-10-19(16(22)11-14)25-18-8-4-7-17(15(18)12-23-25)24-20(26)13-5-2-1-3-6-13/h9-13,17H,1-8H2,(H,24,26). The maximum atomic E-state index is 14.2. The number of carbonyl (C=O) groups excluding carboxylic acids is 1. The number of fused-ring (bicyclic) bond motifs is 1. The molecule has 1 amide bonds. The van der Waals surface area contributed by atoms with Crippen molar-refractivity contribution >= 4 is 5.91 Å². The van der Waals surface area contributed by atoms with Gasteiger partial charge in [0, 0.05) is 23.2 Å². The van der Waals surface area contributed by atoms with Gasteiger partial charge in [0.25, 0.3) is 0 Å². The summed E-state index contributed by atoms with van der Waals surface area (Å²) in [4.78, 5) is 12.6. The molecule has 0 saturated heterocycles. The first-order valence-corrected chi connectivity index (χ1v) is 9.46. The van der Waals surface area contributed by atoms with Crippen LogP contribution in [0.1, 0.15) is 62.2 Å². The molecule has 1 heterocycles. The van der Waals surface area contributed by atoms with Gasteiger partial charge in [0.15, 0.2) is 5.82 Å². The van der Waals surface area contributed by atoms with Crippen LogP contribution in [0, 0.1) is 17.6 Å². The molecular formula is C20H23F2N3O. The summed E-state index contributed by atoms with van der Waals surface area (Å²) in [6, 6.07) is 3.43. The maximum Gasteiger partial charge on any atom is 0.223 e. The molecule has 138 valence electrons. The molecule has 2 aliphatic carbocycles. The minimum atomic E-state index is -0.635. The molecule has 4 rings (SSSR count). The lowest BCUT2D eigenvalue weighted by Crippen LogP contribution is -2.36. The van der Waals surface area contributed by atoms with Crippen molar-refractivity contribution in [2.75, 3.05) is 0 Å². The SMILES string of the molecule is O=C(NC1CCCc2c1cnn2-c1ccc(F)cc1F)C1CCCCC1. The van der Waals surface area contributed by atoms with Gasteiger partial charge < -0.3 is 5.32 Å². The van der Waals surface area contributed by atoms with E-state index in [1.54, 1.807) is 10.9 Å². The van der Waals surface area contributed by atoms with Crippen molar-refractivity contribution in [1.82, 2.24) is 15.1 Å². The zero-order valence-corrected chi connectivity index (χ0v) is 14.7. The lowest BCUT2D eigenvalue weighted by atomic mass is 9.87. The van der Waals surface area contributed by atoms with Gasteiger partial charge in [0.05, 0.1) is 12.2 Å². The van der Waals surface area contributed by atoms with E-state index in [4.69, 9.17) is 0 Å². The van der Waals surface area contributed by atoms with E-state index in [2.05, 4.69) is 10.4 Å². The Morgan fingerprint density at radius 1 is 1.12 bits per heavy atom. The van der Waals surface area contributed by atoms with E-state index in [-0.39, 0.29) is 23.6 Å². The Hall–Kier alpha value is -2.24. The van der Waals surface area contributed by atoms with Gasteiger partial charge in [-0.25, -0.2) is 13.5 Å². The molecule has 26 heavy (non-hydrogen) atoms. The molecular weight excluding hydrogens is 336 g/mol. The fraction of sp³-hybridized carbons (Fsp3) is 0.500. The van der Waals surface area contributed by atoms with E-state index in [9.17, 15) is 13.6 Å². The molecule has 6 heteroatoms. The first kappa shape index (κ1) is 17.2. The number of amides is 1. The predicted octanol–water partition coefficient (Wildman–Crippen LogP) is 4.22. The van der Waals surface area contributed by atoms with E-state index in [0.717, 1.165) is 62.3 Å². The first-order valence-electron chi connectivity index (χ1n) is 9.46. The number of halogens is 2. The zero-order valence-electron chi connectivity index (χ0n) is 14.7. The number of hydrogen-bond acceptors (Lipinski definition) is 2. The number of benzene rings is 1. The molecule has 1 N–H and O–H groups in total. The van der Waals surface area contributed by atoms with Gasteiger partial charge in [-0.15, -0.1) is 0 Å². The topological polar surface area (TPSA) is 46.9 Å². The predicted molar refractivity (Wildman–Crippen MR) is 93.9 cm³/mol. The zero-order chi connectivity index (χ0) is 18.1. The minimum absolute atomic E-state index is 0.0783. The van der Waals surface area contributed by atoms with Crippen molar-refractivity contribution < 1.29 is 13.6 Å².